The molecule has 2 aromatic carbocycles. The van der Waals surface area contributed by atoms with Crippen LogP contribution >= 0.6 is 0 Å². The first kappa shape index (κ1) is 15.0. The number of nitrogens with zero attached hydrogens (tertiary/aromatic N) is 3. The van der Waals surface area contributed by atoms with Crippen molar-refractivity contribution in [2.45, 2.75) is 20.3 Å². The molecule has 3 aromatic rings. The highest BCUT2D eigenvalue weighted by molar-refractivity contribution is 5.89. The highest BCUT2D eigenvalue weighted by atomic mass is 16.5. The number of rotatable bonds is 4. The number of ether oxygens (including phenoxy) is 1. The zero-order valence-corrected chi connectivity index (χ0v) is 13.1. The lowest BCUT2D eigenvalue weighted by Gasteiger charge is -2.10. The van der Waals surface area contributed by atoms with Crippen molar-refractivity contribution >= 4 is 17.0 Å². The maximum Gasteiger partial charge on any atom is 0.338 e. The molecule has 0 aliphatic carbocycles. The predicted molar refractivity (Wildman–Crippen MR) is 88.7 cm³/mol. The van der Waals surface area contributed by atoms with Gasteiger partial charge in [0.1, 0.15) is 16.7 Å². The van der Waals surface area contributed by atoms with E-state index in [2.05, 4.69) is 23.7 Å². The molecule has 0 aliphatic rings. The van der Waals surface area contributed by atoms with Crippen LogP contribution in [0.15, 0.2) is 54.6 Å². The Balaban J connectivity index is 2.11. The molecule has 116 valence electrons. The van der Waals surface area contributed by atoms with Crippen LogP contribution in [-0.4, -0.2) is 21.0 Å². The van der Waals surface area contributed by atoms with Gasteiger partial charge in [-0.25, -0.2) is 4.79 Å². The van der Waals surface area contributed by atoms with Crippen LogP contribution in [0.4, 0.5) is 0 Å². The van der Waals surface area contributed by atoms with Crippen LogP contribution in [0, 0.1) is 0 Å². The first-order chi connectivity index (χ1) is 11.1. The lowest BCUT2D eigenvalue weighted by Crippen LogP contribution is -2.11. The molecule has 0 bridgehead atoms. The summed E-state index contributed by atoms with van der Waals surface area (Å²) in [5, 5.41) is 8.93. The number of benzene rings is 2. The molecular weight excluding hydrogens is 290 g/mol. The summed E-state index contributed by atoms with van der Waals surface area (Å²) in [5.41, 5.74) is 3.65. The van der Waals surface area contributed by atoms with E-state index in [4.69, 9.17) is 4.74 Å². The Morgan fingerprint density at radius 3 is 2.39 bits per heavy atom. The van der Waals surface area contributed by atoms with Crippen LogP contribution in [-0.2, 0) is 11.2 Å². The Labute approximate surface area is 134 Å². The van der Waals surface area contributed by atoms with Crippen LogP contribution in [0.2, 0.25) is 0 Å². The van der Waals surface area contributed by atoms with Crippen molar-refractivity contribution in [3.05, 3.63) is 60.2 Å². The molecule has 0 saturated heterocycles. The fourth-order valence-corrected chi connectivity index (χ4v) is 2.18. The van der Waals surface area contributed by atoms with Gasteiger partial charge < -0.3 is 4.74 Å². The average molecular weight is 307 g/mol. The zero-order chi connectivity index (χ0) is 16.4. The molecule has 5 nitrogen and oxygen atoms in total. The third kappa shape index (κ3) is 2.99. The van der Waals surface area contributed by atoms with Crippen molar-refractivity contribution in [1.29, 1.82) is 0 Å². The number of hydrogen-bond donors (Lipinski definition) is 0. The van der Waals surface area contributed by atoms with Gasteiger partial charge in [-0.2, -0.15) is 0 Å². The standard InChI is InChI=1S/C18H17N3O2/c1-4-13-9-10-17(23-18(22)12(2)3)16(11-13)21-19-14-7-5-6-8-15(14)20-21/h5-11H,2,4H2,1,3H3. The number of carbonyl (C=O) groups excluding carboxylic acids is 1. The van der Waals surface area contributed by atoms with Crippen molar-refractivity contribution in [3.8, 4) is 11.4 Å². The van der Waals surface area contributed by atoms with Gasteiger partial charge in [-0.05, 0) is 43.2 Å². The second-order valence-electron chi connectivity index (χ2n) is 5.30. The summed E-state index contributed by atoms with van der Waals surface area (Å²) in [7, 11) is 0. The van der Waals surface area contributed by atoms with Gasteiger partial charge in [0, 0.05) is 5.57 Å². The maximum absolute atomic E-state index is 11.9. The summed E-state index contributed by atoms with van der Waals surface area (Å²) >= 11 is 0. The molecule has 0 saturated carbocycles. The summed E-state index contributed by atoms with van der Waals surface area (Å²) in [4.78, 5) is 13.4. The summed E-state index contributed by atoms with van der Waals surface area (Å²) in [6, 6.07) is 13.2. The lowest BCUT2D eigenvalue weighted by atomic mass is 10.1. The molecule has 1 aromatic heterocycles. The highest BCUT2D eigenvalue weighted by Gasteiger charge is 2.14. The minimum Gasteiger partial charge on any atom is -0.421 e. The van der Waals surface area contributed by atoms with E-state index in [9.17, 15) is 4.79 Å². The Bertz CT molecular complexity index is 863. The monoisotopic (exact) mass is 307 g/mol. The third-order valence-corrected chi connectivity index (χ3v) is 3.48. The molecule has 0 radical (unpaired) electrons. The Kier molecular flexibility index (Phi) is 3.93. The minimum atomic E-state index is -0.466. The van der Waals surface area contributed by atoms with E-state index in [-0.39, 0.29) is 0 Å². The van der Waals surface area contributed by atoms with Crippen LogP contribution in [0.3, 0.4) is 0 Å². The zero-order valence-electron chi connectivity index (χ0n) is 13.1. The third-order valence-electron chi connectivity index (χ3n) is 3.48. The molecule has 0 aliphatic heterocycles. The topological polar surface area (TPSA) is 57.0 Å². The number of esters is 1. The molecule has 1 heterocycles. The first-order valence-corrected chi connectivity index (χ1v) is 7.41. The number of hydrogen-bond acceptors (Lipinski definition) is 4. The molecule has 0 atom stereocenters. The molecule has 3 rings (SSSR count). The first-order valence-electron chi connectivity index (χ1n) is 7.41. The lowest BCUT2D eigenvalue weighted by molar-refractivity contribution is -0.130. The average Bonchev–Trinajstić information content (AvgIpc) is 2.98. The van der Waals surface area contributed by atoms with Crippen LogP contribution in [0.25, 0.3) is 16.7 Å². The fourth-order valence-electron chi connectivity index (χ4n) is 2.18. The van der Waals surface area contributed by atoms with E-state index in [0.29, 0.717) is 17.0 Å². The predicted octanol–water partition coefficient (Wildman–Crippen LogP) is 3.46. The van der Waals surface area contributed by atoms with Crippen molar-refractivity contribution in [2.75, 3.05) is 0 Å². The SMILES string of the molecule is C=C(C)C(=O)Oc1ccc(CC)cc1-n1nc2ccccc2n1. The van der Waals surface area contributed by atoms with E-state index < -0.39 is 5.97 Å². The van der Waals surface area contributed by atoms with Gasteiger partial charge >= 0.3 is 5.97 Å². The van der Waals surface area contributed by atoms with E-state index in [0.717, 1.165) is 23.0 Å². The summed E-state index contributed by atoms with van der Waals surface area (Å²) in [6.07, 6.45) is 0.864. The molecular formula is C18H17N3O2. The van der Waals surface area contributed by atoms with Gasteiger partial charge in [0.15, 0.2) is 5.75 Å². The Morgan fingerprint density at radius 1 is 1.17 bits per heavy atom. The second kappa shape index (κ2) is 6.04. The van der Waals surface area contributed by atoms with Gasteiger partial charge in [0.25, 0.3) is 0 Å². The Hall–Kier alpha value is -2.95. The van der Waals surface area contributed by atoms with Gasteiger partial charge in [-0.1, -0.05) is 31.7 Å². The van der Waals surface area contributed by atoms with E-state index in [1.807, 2.05) is 36.4 Å². The Morgan fingerprint density at radius 2 is 1.83 bits per heavy atom. The molecule has 0 N–H and O–H groups in total. The van der Waals surface area contributed by atoms with E-state index in [1.165, 1.54) is 4.80 Å². The van der Waals surface area contributed by atoms with Crippen LogP contribution < -0.4 is 4.74 Å². The maximum atomic E-state index is 11.9. The molecule has 23 heavy (non-hydrogen) atoms. The number of aromatic nitrogens is 3. The normalized spacial score (nSPS) is 10.7. The number of carbonyl (C=O) groups is 1. The largest absolute Gasteiger partial charge is 0.421 e. The second-order valence-corrected chi connectivity index (χ2v) is 5.30. The van der Waals surface area contributed by atoms with Gasteiger partial charge in [-0.3, -0.25) is 0 Å². The van der Waals surface area contributed by atoms with Crippen molar-refractivity contribution in [3.63, 3.8) is 0 Å². The number of fused-ring (bicyclic) bond motifs is 1. The van der Waals surface area contributed by atoms with Crippen LogP contribution in [0.5, 0.6) is 5.75 Å². The summed E-state index contributed by atoms with van der Waals surface area (Å²) < 4.78 is 5.42. The summed E-state index contributed by atoms with van der Waals surface area (Å²) in [6.45, 7) is 7.28. The number of aryl methyl sites for hydroxylation is 1. The molecule has 5 heteroatoms. The molecule has 0 fully saturated rings. The molecule has 0 unspecified atom stereocenters. The van der Waals surface area contributed by atoms with Gasteiger partial charge in [0.05, 0.1) is 0 Å². The van der Waals surface area contributed by atoms with Crippen molar-refractivity contribution in [2.24, 2.45) is 0 Å². The van der Waals surface area contributed by atoms with Crippen LogP contribution in [0.1, 0.15) is 19.4 Å². The molecule has 0 amide bonds. The smallest absolute Gasteiger partial charge is 0.338 e. The van der Waals surface area contributed by atoms with Gasteiger partial charge in [0.2, 0.25) is 0 Å². The summed E-state index contributed by atoms with van der Waals surface area (Å²) in [5.74, 6) is -0.0530. The van der Waals surface area contributed by atoms with Crippen molar-refractivity contribution < 1.29 is 9.53 Å². The van der Waals surface area contributed by atoms with E-state index >= 15 is 0 Å². The quantitative estimate of drug-likeness (QED) is 0.421. The highest BCUT2D eigenvalue weighted by Crippen LogP contribution is 2.25. The van der Waals surface area contributed by atoms with Gasteiger partial charge in [-0.15, -0.1) is 15.0 Å². The molecule has 0 spiro atoms. The fraction of sp³-hybridized carbons (Fsp3) is 0.167. The van der Waals surface area contributed by atoms with E-state index in [1.54, 1.807) is 13.0 Å². The van der Waals surface area contributed by atoms with Crippen molar-refractivity contribution in [1.82, 2.24) is 15.0 Å². The minimum absolute atomic E-state index is 0.342.